The molecule has 0 unspecified atom stereocenters. The summed E-state index contributed by atoms with van der Waals surface area (Å²) in [5.74, 6) is 0.380. The summed E-state index contributed by atoms with van der Waals surface area (Å²) in [6.45, 7) is 4.47. The number of Topliss-reactive ketones (excluding diaryl/α,β-unsaturated/α-hetero) is 1. The molecular weight excluding hydrogens is 202 g/mol. The molecule has 0 radical (unpaired) electrons. The Bertz CT molecular complexity index is 420. The number of benzene rings is 1. The predicted octanol–water partition coefficient (Wildman–Crippen LogP) is 2.12. The number of hydrogen-bond donors (Lipinski definition) is 0. The molecule has 3 nitrogen and oxygen atoms in total. The van der Waals surface area contributed by atoms with Crippen molar-refractivity contribution >= 4 is 17.4 Å². The van der Waals surface area contributed by atoms with E-state index in [4.69, 9.17) is 0 Å². The second-order valence-corrected chi connectivity index (χ2v) is 4.44. The molecule has 0 aliphatic carbocycles. The molecule has 16 heavy (non-hydrogen) atoms. The molecule has 3 heteroatoms. The Morgan fingerprint density at radius 2 is 1.75 bits per heavy atom. The van der Waals surface area contributed by atoms with Crippen molar-refractivity contribution in [3.05, 3.63) is 29.8 Å². The fraction of sp³-hybridized carbons (Fsp3) is 0.385. The van der Waals surface area contributed by atoms with E-state index in [0.717, 1.165) is 5.69 Å². The highest BCUT2D eigenvalue weighted by molar-refractivity contribution is 6.14. The summed E-state index contributed by atoms with van der Waals surface area (Å²) in [7, 11) is 0. The molecule has 0 atom stereocenters. The molecule has 0 spiro atoms. The molecule has 1 saturated heterocycles. The number of amides is 1. The van der Waals surface area contributed by atoms with Crippen LogP contribution in [0.4, 0.5) is 5.69 Å². The number of anilines is 1. The van der Waals surface area contributed by atoms with Crippen LogP contribution in [0.2, 0.25) is 0 Å². The lowest BCUT2D eigenvalue weighted by atomic mass is 10.0. The Hall–Kier alpha value is -1.64. The Morgan fingerprint density at radius 1 is 1.12 bits per heavy atom. The zero-order chi connectivity index (χ0) is 11.7. The van der Waals surface area contributed by atoms with Crippen molar-refractivity contribution in [2.45, 2.75) is 26.2 Å². The van der Waals surface area contributed by atoms with Gasteiger partial charge in [0.2, 0.25) is 5.91 Å². The normalized spacial score (nSPS) is 16.3. The number of nitrogens with zero attached hydrogens (tertiary/aromatic N) is 1. The molecule has 0 aromatic heterocycles. The highest BCUT2D eigenvalue weighted by atomic mass is 16.2. The first kappa shape index (κ1) is 10.9. The summed E-state index contributed by atoms with van der Waals surface area (Å²) in [6.07, 6.45) is 0.0476. The Labute approximate surface area is 95.1 Å². The molecule has 0 saturated carbocycles. The first-order valence-corrected chi connectivity index (χ1v) is 5.50. The molecule has 1 aliphatic heterocycles. The fourth-order valence-electron chi connectivity index (χ4n) is 1.86. The van der Waals surface area contributed by atoms with E-state index in [1.165, 1.54) is 5.56 Å². The van der Waals surface area contributed by atoms with Crippen molar-refractivity contribution in [3.63, 3.8) is 0 Å². The summed E-state index contributed by atoms with van der Waals surface area (Å²) < 4.78 is 0. The van der Waals surface area contributed by atoms with E-state index < -0.39 is 0 Å². The molecule has 0 N–H and O–H groups in total. The molecular formula is C13H15NO2. The Balaban J connectivity index is 2.22. The number of hydrogen-bond acceptors (Lipinski definition) is 2. The fourth-order valence-corrected chi connectivity index (χ4v) is 1.86. The van der Waals surface area contributed by atoms with Crippen LogP contribution in [0.1, 0.15) is 31.7 Å². The summed E-state index contributed by atoms with van der Waals surface area (Å²) >= 11 is 0. The van der Waals surface area contributed by atoms with Crippen LogP contribution in [0.25, 0.3) is 0 Å². The van der Waals surface area contributed by atoms with Crippen LogP contribution in [-0.4, -0.2) is 18.2 Å². The largest absolute Gasteiger partial charge is 0.305 e. The van der Waals surface area contributed by atoms with Crippen LogP contribution >= 0.6 is 0 Å². The minimum Gasteiger partial charge on any atom is -0.305 e. The molecule has 84 valence electrons. The standard InChI is InChI=1S/C13H15NO2/c1-9(2)10-3-5-11(6-4-10)14-8-12(15)7-13(14)16/h3-6,9H,7-8H2,1-2H3. The maximum Gasteiger partial charge on any atom is 0.234 e. The zero-order valence-corrected chi connectivity index (χ0v) is 9.56. The molecule has 1 aromatic rings. The lowest BCUT2D eigenvalue weighted by molar-refractivity contribution is -0.121. The minimum absolute atomic E-state index is 0.00191. The molecule has 1 fully saturated rings. The van der Waals surface area contributed by atoms with Gasteiger partial charge in [0.05, 0.1) is 13.0 Å². The van der Waals surface area contributed by atoms with Gasteiger partial charge in [-0.3, -0.25) is 9.59 Å². The van der Waals surface area contributed by atoms with Crippen LogP contribution in [0, 0.1) is 0 Å². The average molecular weight is 217 g/mol. The maximum atomic E-state index is 11.5. The van der Waals surface area contributed by atoms with E-state index in [0.29, 0.717) is 5.92 Å². The van der Waals surface area contributed by atoms with Gasteiger partial charge in [-0.25, -0.2) is 0 Å². The molecule has 1 aliphatic rings. The van der Waals surface area contributed by atoms with Gasteiger partial charge in [-0.15, -0.1) is 0 Å². The highest BCUT2D eigenvalue weighted by Gasteiger charge is 2.28. The minimum atomic E-state index is -0.0951. The van der Waals surface area contributed by atoms with Gasteiger partial charge in [-0.1, -0.05) is 26.0 Å². The molecule has 1 aromatic carbocycles. The summed E-state index contributed by atoms with van der Waals surface area (Å²) in [4.78, 5) is 24.2. The van der Waals surface area contributed by atoms with Crippen molar-refractivity contribution < 1.29 is 9.59 Å². The zero-order valence-electron chi connectivity index (χ0n) is 9.56. The smallest absolute Gasteiger partial charge is 0.234 e. The molecule has 2 rings (SSSR count). The molecule has 1 amide bonds. The average Bonchev–Trinajstić information content (AvgIpc) is 2.58. The second kappa shape index (κ2) is 4.08. The summed E-state index contributed by atoms with van der Waals surface area (Å²) in [6, 6.07) is 7.84. The summed E-state index contributed by atoms with van der Waals surface area (Å²) in [5.41, 5.74) is 2.06. The Morgan fingerprint density at radius 3 is 2.19 bits per heavy atom. The predicted molar refractivity (Wildman–Crippen MR) is 62.5 cm³/mol. The van der Waals surface area contributed by atoms with E-state index in [1.54, 1.807) is 4.90 Å². The summed E-state index contributed by atoms with van der Waals surface area (Å²) in [5, 5.41) is 0. The SMILES string of the molecule is CC(C)c1ccc(N2CC(=O)CC2=O)cc1. The van der Waals surface area contributed by atoms with Gasteiger partial charge in [0.15, 0.2) is 5.78 Å². The third-order valence-corrected chi connectivity index (χ3v) is 2.86. The molecule has 1 heterocycles. The van der Waals surface area contributed by atoms with Gasteiger partial charge in [0.1, 0.15) is 0 Å². The monoisotopic (exact) mass is 217 g/mol. The number of carbonyl (C=O) groups is 2. The molecule has 0 bridgehead atoms. The number of rotatable bonds is 2. The van der Waals surface area contributed by atoms with E-state index in [-0.39, 0.29) is 24.7 Å². The van der Waals surface area contributed by atoms with Crippen LogP contribution in [0.5, 0.6) is 0 Å². The van der Waals surface area contributed by atoms with Crippen molar-refractivity contribution in [1.82, 2.24) is 0 Å². The van der Waals surface area contributed by atoms with Crippen molar-refractivity contribution in [2.75, 3.05) is 11.4 Å². The lowest BCUT2D eigenvalue weighted by Gasteiger charge is -2.15. The van der Waals surface area contributed by atoms with Crippen molar-refractivity contribution in [3.8, 4) is 0 Å². The topological polar surface area (TPSA) is 37.4 Å². The van der Waals surface area contributed by atoms with Crippen LogP contribution in [-0.2, 0) is 9.59 Å². The third kappa shape index (κ3) is 1.98. The quantitative estimate of drug-likeness (QED) is 0.711. The van der Waals surface area contributed by atoms with Gasteiger partial charge in [0.25, 0.3) is 0 Å². The van der Waals surface area contributed by atoms with Gasteiger partial charge < -0.3 is 4.90 Å². The van der Waals surface area contributed by atoms with Gasteiger partial charge >= 0.3 is 0 Å². The number of carbonyl (C=O) groups excluding carboxylic acids is 2. The van der Waals surface area contributed by atoms with Crippen LogP contribution in [0.3, 0.4) is 0 Å². The highest BCUT2D eigenvalue weighted by Crippen LogP contribution is 2.22. The van der Waals surface area contributed by atoms with E-state index in [1.807, 2.05) is 24.3 Å². The first-order chi connectivity index (χ1) is 7.58. The second-order valence-electron chi connectivity index (χ2n) is 4.44. The van der Waals surface area contributed by atoms with E-state index in [2.05, 4.69) is 13.8 Å². The van der Waals surface area contributed by atoms with Crippen molar-refractivity contribution in [1.29, 1.82) is 0 Å². The van der Waals surface area contributed by atoms with Gasteiger partial charge in [0, 0.05) is 5.69 Å². The lowest BCUT2D eigenvalue weighted by Crippen LogP contribution is -2.24. The third-order valence-electron chi connectivity index (χ3n) is 2.86. The van der Waals surface area contributed by atoms with Gasteiger partial charge in [-0.05, 0) is 23.6 Å². The van der Waals surface area contributed by atoms with Gasteiger partial charge in [-0.2, -0.15) is 0 Å². The maximum absolute atomic E-state index is 11.5. The van der Waals surface area contributed by atoms with Crippen LogP contribution < -0.4 is 4.90 Å². The van der Waals surface area contributed by atoms with E-state index >= 15 is 0 Å². The van der Waals surface area contributed by atoms with Crippen molar-refractivity contribution in [2.24, 2.45) is 0 Å². The van der Waals surface area contributed by atoms with Crippen LogP contribution in [0.15, 0.2) is 24.3 Å². The first-order valence-electron chi connectivity index (χ1n) is 5.50. The Kier molecular flexibility index (Phi) is 2.77. The number of ketones is 1. The van der Waals surface area contributed by atoms with E-state index in [9.17, 15) is 9.59 Å².